The Morgan fingerprint density at radius 2 is 2.14 bits per heavy atom. The molecule has 1 aliphatic heterocycles. The van der Waals surface area contributed by atoms with Gasteiger partial charge >= 0.3 is 0 Å². The molecule has 1 heterocycles. The second kappa shape index (κ2) is 7.93. The van der Waals surface area contributed by atoms with Gasteiger partial charge in [-0.1, -0.05) is 12.1 Å². The van der Waals surface area contributed by atoms with E-state index in [-0.39, 0.29) is 11.8 Å². The van der Waals surface area contributed by atoms with Gasteiger partial charge in [-0.2, -0.15) is 11.8 Å². The molecule has 2 N–H and O–H groups in total. The maximum absolute atomic E-state index is 11.5. The fraction of sp³-hybridized carbons (Fsp3) is 0.467. The minimum atomic E-state index is 0.0615. The lowest BCUT2D eigenvalue weighted by atomic mass is 10.2. The van der Waals surface area contributed by atoms with Crippen LogP contribution in [0.4, 0.5) is 5.69 Å². The third-order valence-corrected chi connectivity index (χ3v) is 3.98. The van der Waals surface area contributed by atoms with E-state index in [1.54, 1.807) is 11.8 Å². The normalized spacial score (nSPS) is 14.7. The lowest BCUT2D eigenvalue weighted by Gasteiger charge is -2.28. The molecule has 0 bridgehead atoms. The van der Waals surface area contributed by atoms with Crippen LogP contribution in [0.3, 0.4) is 0 Å². The van der Waals surface area contributed by atoms with Crippen molar-refractivity contribution < 1.29 is 9.59 Å². The SMILES string of the molecule is CSCCC(=O)NCc1ccc(N2CCNC(=O)C2)cc1. The van der Waals surface area contributed by atoms with Crippen LogP contribution in [0.25, 0.3) is 0 Å². The first-order valence-corrected chi connectivity index (χ1v) is 8.44. The molecule has 1 fully saturated rings. The van der Waals surface area contributed by atoms with Gasteiger partial charge in [-0.15, -0.1) is 0 Å². The third-order valence-electron chi connectivity index (χ3n) is 3.36. The summed E-state index contributed by atoms with van der Waals surface area (Å²) in [6, 6.07) is 8.00. The van der Waals surface area contributed by atoms with Crippen molar-refractivity contribution >= 4 is 29.3 Å². The van der Waals surface area contributed by atoms with Gasteiger partial charge in [0, 0.05) is 37.5 Å². The maximum Gasteiger partial charge on any atom is 0.239 e. The van der Waals surface area contributed by atoms with E-state index in [1.165, 1.54) is 0 Å². The van der Waals surface area contributed by atoms with Crippen molar-refractivity contribution in [3.63, 3.8) is 0 Å². The zero-order valence-electron chi connectivity index (χ0n) is 12.2. The van der Waals surface area contributed by atoms with Gasteiger partial charge in [0.1, 0.15) is 0 Å². The number of carbonyl (C=O) groups excluding carboxylic acids is 2. The van der Waals surface area contributed by atoms with Crippen LogP contribution >= 0.6 is 11.8 Å². The van der Waals surface area contributed by atoms with E-state index in [0.717, 1.165) is 23.5 Å². The monoisotopic (exact) mass is 307 g/mol. The molecule has 0 saturated carbocycles. The summed E-state index contributed by atoms with van der Waals surface area (Å²) in [5.74, 6) is 0.995. The Labute approximate surface area is 129 Å². The Kier molecular flexibility index (Phi) is 5.92. The molecule has 1 saturated heterocycles. The average molecular weight is 307 g/mol. The van der Waals surface area contributed by atoms with E-state index >= 15 is 0 Å². The molecule has 0 aliphatic carbocycles. The summed E-state index contributed by atoms with van der Waals surface area (Å²) < 4.78 is 0. The molecule has 0 aromatic heterocycles. The highest BCUT2D eigenvalue weighted by Gasteiger charge is 2.16. The number of hydrogen-bond acceptors (Lipinski definition) is 4. The van der Waals surface area contributed by atoms with E-state index in [1.807, 2.05) is 30.5 Å². The number of piperazine rings is 1. The van der Waals surface area contributed by atoms with Crippen molar-refractivity contribution in [3.8, 4) is 0 Å². The summed E-state index contributed by atoms with van der Waals surface area (Å²) in [6.07, 6.45) is 2.55. The molecule has 1 aliphatic rings. The molecule has 0 radical (unpaired) electrons. The number of nitrogens with one attached hydrogen (secondary N) is 2. The van der Waals surface area contributed by atoms with Crippen LogP contribution in [0.1, 0.15) is 12.0 Å². The summed E-state index contributed by atoms with van der Waals surface area (Å²) >= 11 is 1.67. The lowest BCUT2D eigenvalue weighted by molar-refractivity contribution is -0.121. The largest absolute Gasteiger partial charge is 0.360 e. The van der Waals surface area contributed by atoms with Crippen molar-refractivity contribution in [3.05, 3.63) is 29.8 Å². The zero-order valence-corrected chi connectivity index (χ0v) is 13.0. The molecule has 114 valence electrons. The van der Waals surface area contributed by atoms with Gasteiger partial charge in [-0.3, -0.25) is 9.59 Å². The van der Waals surface area contributed by atoms with E-state index in [2.05, 4.69) is 15.5 Å². The Morgan fingerprint density at radius 3 is 2.81 bits per heavy atom. The summed E-state index contributed by atoms with van der Waals surface area (Å²) in [6.45, 7) is 2.47. The highest BCUT2D eigenvalue weighted by atomic mass is 32.2. The first-order valence-electron chi connectivity index (χ1n) is 7.05. The summed E-state index contributed by atoms with van der Waals surface area (Å²) in [5.41, 5.74) is 2.11. The second-order valence-electron chi connectivity index (χ2n) is 4.96. The fourth-order valence-corrected chi connectivity index (χ4v) is 2.56. The van der Waals surface area contributed by atoms with Crippen molar-refractivity contribution in [1.82, 2.24) is 10.6 Å². The zero-order chi connectivity index (χ0) is 15.1. The third kappa shape index (κ3) is 4.97. The van der Waals surface area contributed by atoms with Crippen molar-refractivity contribution in [1.29, 1.82) is 0 Å². The van der Waals surface area contributed by atoms with Crippen LogP contribution in [0.15, 0.2) is 24.3 Å². The van der Waals surface area contributed by atoms with Crippen molar-refractivity contribution in [2.24, 2.45) is 0 Å². The summed E-state index contributed by atoms with van der Waals surface area (Å²) in [5, 5.41) is 5.72. The molecule has 21 heavy (non-hydrogen) atoms. The average Bonchev–Trinajstić information content (AvgIpc) is 2.51. The Hall–Kier alpha value is -1.69. The number of nitrogens with zero attached hydrogens (tertiary/aromatic N) is 1. The fourth-order valence-electron chi connectivity index (χ4n) is 2.17. The standard InChI is InChI=1S/C15H21N3O2S/c1-21-9-6-14(19)17-10-12-2-4-13(5-3-12)18-8-7-16-15(20)11-18/h2-5H,6-11H2,1H3,(H,16,20)(H,17,19). The van der Waals surface area contributed by atoms with Gasteiger partial charge in [-0.25, -0.2) is 0 Å². The van der Waals surface area contributed by atoms with E-state index in [0.29, 0.717) is 26.1 Å². The van der Waals surface area contributed by atoms with Gasteiger partial charge in [0.2, 0.25) is 11.8 Å². The predicted molar refractivity (Wildman–Crippen MR) is 86.5 cm³/mol. The number of carbonyl (C=O) groups is 2. The van der Waals surface area contributed by atoms with Crippen molar-refractivity contribution in [2.75, 3.05) is 36.5 Å². The number of hydrogen-bond donors (Lipinski definition) is 2. The maximum atomic E-state index is 11.5. The molecule has 2 rings (SSSR count). The lowest BCUT2D eigenvalue weighted by Crippen LogP contribution is -2.47. The van der Waals surface area contributed by atoms with E-state index < -0.39 is 0 Å². The highest BCUT2D eigenvalue weighted by Crippen LogP contribution is 2.16. The first-order chi connectivity index (χ1) is 10.2. The minimum Gasteiger partial charge on any atom is -0.360 e. The molecule has 1 aromatic rings. The van der Waals surface area contributed by atoms with Crippen LogP contribution < -0.4 is 15.5 Å². The van der Waals surface area contributed by atoms with Crippen LogP contribution in [0.5, 0.6) is 0 Å². The van der Waals surface area contributed by atoms with Crippen LogP contribution in [-0.2, 0) is 16.1 Å². The summed E-state index contributed by atoms with van der Waals surface area (Å²) in [4.78, 5) is 25.0. The predicted octanol–water partition coefficient (Wildman–Crippen LogP) is 0.992. The number of anilines is 1. The smallest absolute Gasteiger partial charge is 0.239 e. The first kappa shape index (κ1) is 15.7. The highest BCUT2D eigenvalue weighted by molar-refractivity contribution is 7.98. The quantitative estimate of drug-likeness (QED) is 0.823. The molecular formula is C15H21N3O2S. The van der Waals surface area contributed by atoms with E-state index in [4.69, 9.17) is 0 Å². The van der Waals surface area contributed by atoms with E-state index in [9.17, 15) is 9.59 Å². The van der Waals surface area contributed by atoms with Gasteiger partial charge in [0.25, 0.3) is 0 Å². The number of amides is 2. The van der Waals surface area contributed by atoms with Crippen LogP contribution in [0.2, 0.25) is 0 Å². The second-order valence-corrected chi connectivity index (χ2v) is 5.94. The molecule has 0 spiro atoms. The Bertz CT molecular complexity index is 490. The van der Waals surface area contributed by atoms with Gasteiger partial charge in [0.05, 0.1) is 6.54 Å². The Morgan fingerprint density at radius 1 is 1.38 bits per heavy atom. The van der Waals surface area contributed by atoms with Crippen LogP contribution in [-0.4, -0.2) is 43.5 Å². The van der Waals surface area contributed by atoms with Gasteiger partial charge < -0.3 is 15.5 Å². The summed E-state index contributed by atoms with van der Waals surface area (Å²) in [7, 11) is 0. The number of rotatable bonds is 6. The Balaban J connectivity index is 1.84. The van der Waals surface area contributed by atoms with Crippen LogP contribution in [0, 0.1) is 0 Å². The number of thioether (sulfide) groups is 1. The topological polar surface area (TPSA) is 61.4 Å². The molecule has 5 nitrogen and oxygen atoms in total. The molecule has 2 amide bonds. The van der Waals surface area contributed by atoms with Crippen molar-refractivity contribution in [2.45, 2.75) is 13.0 Å². The molecule has 0 atom stereocenters. The minimum absolute atomic E-state index is 0.0615. The molecular weight excluding hydrogens is 286 g/mol. The molecule has 6 heteroatoms. The number of benzene rings is 1. The van der Waals surface area contributed by atoms with Gasteiger partial charge in [-0.05, 0) is 24.0 Å². The van der Waals surface area contributed by atoms with Gasteiger partial charge in [0.15, 0.2) is 0 Å². The molecule has 1 aromatic carbocycles. The molecule has 0 unspecified atom stereocenters.